The number of ether oxygens (including phenoxy) is 4. The zero-order valence-corrected chi connectivity index (χ0v) is 80.5. The number of anilines is 5. The van der Waals surface area contributed by atoms with E-state index in [-0.39, 0.29) is 118 Å². The third-order valence-corrected chi connectivity index (χ3v) is 25.3. The molecule has 7 heterocycles. The number of hydrogen-bond donors (Lipinski definition) is 5. The molecule has 5 aliphatic rings. The van der Waals surface area contributed by atoms with E-state index in [9.17, 15) is 47.9 Å². The molecule has 6 aromatic carbocycles. The van der Waals surface area contributed by atoms with Gasteiger partial charge in [0.05, 0.1) is 69.4 Å². The maximum absolute atomic E-state index is 12.4. The van der Waals surface area contributed by atoms with Crippen LogP contribution in [0.15, 0.2) is 174 Å². The van der Waals surface area contributed by atoms with Gasteiger partial charge in [-0.1, -0.05) is 196 Å². The maximum Gasteiger partial charge on any atom is 0.371 e. The molecule has 5 aliphatic heterocycles. The Morgan fingerprint density at radius 3 is 1.02 bits per heavy atom. The van der Waals surface area contributed by atoms with Gasteiger partial charge in [-0.2, -0.15) is 0 Å². The molecular weight excluding hydrogens is 1700 g/mol. The van der Waals surface area contributed by atoms with Crippen molar-refractivity contribution in [1.29, 1.82) is 0 Å². The van der Waals surface area contributed by atoms with E-state index < -0.39 is 29.8 Å². The fourth-order valence-corrected chi connectivity index (χ4v) is 17.3. The predicted molar refractivity (Wildman–Crippen MR) is 515 cm³/mol. The molecule has 712 valence electrons. The fraction of sp³-hybridized carbons (Fsp3) is 0.491. The lowest BCUT2D eigenvalue weighted by molar-refractivity contribution is -0.138. The smallest absolute Gasteiger partial charge is 0.371 e. The van der Waals surface area contributed by atoms with Crippen LogP contribution in [0.3, 0.4) is 0 Å². The Kier molecular flexibility index (Phi) is 38.0. The van der Waals surface area contributed by atoms with E-state index in [1.54, 1.807) is 41.3 Å². The molecule has 5 atom stereocenters. The van der Waals surface area contributed by atoms with Crippen molar-refractivity contribution in [3.8, 4) is 0 Å². The molecule has 0 aliphatic carbocycles. The van der Waals surface area contributed by atoms with Crippen molar-refractivity contribution in [1.82, 2.24) is 0 Å². The highest BCUT2D eigenvalue weighted by Gasteiger charge is 2.38. The number of rotatable bonds is 34. The summed E-state index contributed by atoms with van der Waals surface area (Å²) < 4.78 is 28.2. The van der Waals surface area contributed by atoms with Crippen LogP contribution in [0.5, 0.6) is 0 Å². The van der Waals surface area contributed by atoms with Crippen molar-refractivity contribution in [3.63, 3.8) is 0 Å². The van der Waals surface area contributed by atoms with Crippen molar-refractivity contribution < 1.29 is 96.8 Å². The third-order valence-electron chi connectivity index (χ3n) is 24.2. The molecule has 25 nitrogen and oxygen atoms in total. The molecule has 26 heteroatoms. The third kappa shape index (κ3) is 31.2. The number of aliphatic carboxylic acids is 2. The topological polar surface area (TPSA) is 338 Å². The Bertz CT molecular complexity index is 4890. The minimum atomic E-state index is -1.10. The normalized spacial score (nSPS) is 17.6. The molecule has 132 heavy (non-hydrogen) atoms. The summed E-state index contributed by atoms with van der Waals surface area (Å²) >= 11 is 1.22. The van der Waals surface area contributed by atoms with Gasteiger partial charge in [0.2, 0.25) is 35.3 Å². The van der Waals surface area contributed by atoms with E-state index >= 15 is 0 Å². The number of carbonyl (C=O) groups excluding carboxylic acids is 5. The van der Waals surface area contributed by atoms with Crippen LogP contribution in [0.2, 0.25) is 0 Å². The molecule has 5 saturated heterocycles. The van der Waals surface area contributed by atoms with E-state index in [1.165, 1.54) is 45.2 Å². The highest BCUT2D eigenvalue weighted by Crippen LogP contribution is 2.38. The molecule has 5 N–H and O–H groups in total. The average Bonchev–Trinajstić information content (AvgIpc) is 1.67. The molecule has 13 rings (SSSR count). The second-order valence-electron chi connectivity index (χ2n) is 39.7. The standard InChI is InChI=1S/C23H27NO4.C21H25NO5.C21H25NO4S.C21H31NO3.C20H29NO4/c1-23(2,3)18-7-9-19(10-8-18)24-20(11-12-21(24)25)15-28-14-16-5-4-6-17(13-16)22(26)27;2*1-21(2,3)14-4-6-15(7-5-14)22-16(8-11-19(22)23)12-26-13-17-9-10-18(27-17)20(24)25;1-21(2,3)16-10-12-18(13-11-16)22-17(14-15-19(22)23)8-6-4-5-7-9-20(24)25;1-20(2,3)15-7-9-16(10-8-15)21-17(11-12-18(21)22)14-25-13-5-4-6-19(23)24/h4-10,13,20H,11-12,14-15H2,1-3H3,(H,26,27);2*4-7,9-10,16H,8,11-13H2,1-3H3,(H,24,25);10-13,17H,4-9,14-15H2,1-3H3,(H,24,25);7-10,17H,4-6,11-14H2,1-3H3,(H,23,24)/t20-;2*16-;2*17-/m00010/s1. The number of carboxylic acids is 5. The first-order valence-electron chi connectivity index (χ1n) is 46.2. The summed E-state index contributed by atoms with van der Waals surface area (Å²) in [6.45, 7) is 35.7. The minimum Gasteiger partial charge on any atom is -0.481 e. The largest absolute Gasteiger partial charge is 0.481 e. The fourth-order valence-electron chi connectivity index (χ4n) is 16.6. The highest BCUT2D eigenvalue weighted by molar-refractivity contribution is 7.13. The van der Waals surface area contributed by atoms with Crippen LogP contribution in [-0.4, -0.2) is 148 Å². The lowest BCUT2D eigenvalue weighted by Crippen LogP contribution is -2.36. The van der Waals surface area contributed by atoms with Crippen LogP contribution < -0.4 is 24.5 Å². The second kappa shape index (κ2) is 48.0. The zero-order valence-electron chi connectivity index (χ0n) is 79.6. The summed E-state index contributed by atoms with van der Waals surface area (Å²) in [4.78, 5) is 126. The summed E-state index contributed by atoms with van der Waals surface area (Å²) in [5, 5.41) is 44.2. The number of unbranched alkanes of at least 4 members (excludes halogenated alkanes) is 4. The average molecular weight is 1830 g/mol. The first-order chi connectivity index (χ1) is 62.3. The van der Waals surface area contributed by atoms with E-state index in [0.29, 0.717) is 95.4 Å². The summed E-state index contributed by atoms with van der Waals surface area (Å²) in [6.07, 6.45) is 13.3. The summed E-state index contributed by atoms with van der Waals surface area (Å²) in [5.74, 6) is -3.42. The van der Waals surface area contributed by atoms with Gasteiger partial charge in [-0.25, -0.2) is 14.4 Å². The highest BCUT2D eigenvalue weighted by atomic mass is 32.1. The Labute approximate surface area is 782 Å². The SMILES string of the molecule is CC(C)(C)c1ccc(N2C(=O)CC[C@H]2CCCCCCC(=O)O)cc1.CC(C)(C)c1ccc(N2C(=O)CC[C@H]2COCCCCC(=O)O)cc1.CC(C)(C)c1ccc(N2C(=O)CC[C@H]2COCc2ccc(C(=O)O)o2)cc1.CC(C)(C)c1ccc(N2C(=O)CC[C@H]2COCc2ccc(C(=O)O)s2)cc1.CC(C)(C)c1ccc(N2C(=O)CC[C@H]2COCc2cccc(C(=O)O)c2)cc1. The lowest BCUT2D eigenvalue weighted by atomic mass is 9.87. The molecular formula is C106H137N5O20S. The van der Waals surface area contributed by atoms with Crippen LogP contribution in [0.25, 0.3) is 0 Å². The molecule has 2 aromatic heterocycles. The molecule has 8 aromatic rings. The van der Waals surface area contributed by atoms with Gasteiger partial charge in [-0.05, 0) is 215 Å². The first kappa shape index (κ1) is 105. The molecule has 0 unspecified atom stereocenters. The number of furan rings is 1. The number of hydrogen-bond acceptors (Lipinski definition) is 16. The quantitative estimate of drug-likeness (QED) is 0.0234. The first-order valence-corrected chi connectivity index (χ1v) is 47.0. The lowest BCUT2D eigenvalue weighted by Gasteiger charge is -2.26. The molecule has 5 amide bonds. The van der Waals surface area contributed by atoms with Crippen LogP contribution in [0, 0.1) is 0 Å². The number of aromatic carboxylic acids is 3. The summed E-state index contributed by atoms with van der Waals surface area (Å²) in [7, 11) is 0. The molecule has 0 radical (unpaired) electrons. The molecule has 0 spiro atoms. The van der Waals surface area contributed by atoms with Crippen molar-refractivity contribution in [3.05, 3.63) is 230 Å². The van der Waals surface area contributed by atoms with Gasteiger partial charge in [0, 0.05) is 90.9 Å². The van der Waals surface area contributed by atoms with E-state index in [4.69, 9.17) is 48.9 Å². The molecule has 0 bridgehead atoms. The number of carboxylic acid groups (broad SMARTS) is 5. The Hall–Kier alpha value is -11.2. The number of amides is 5. The number of carbonyl (C=O) groups is 10. The van der Waals surface area contributed by atoms with Gasteiger partial charge >= 0.3 is 29.8 Å². The number of nitrogens with zero attached hydrogens (tertiary/aromatic N) is 5. The summed E-state index contributed by atoms with van der Waals surface area (Å²) in [5.41, 5.74) is 12.3. The van der Waals surface area contributed by atoms with Crippen LogP contribution in [-0.2, 0) is 99.4 Å². The van der Waals surface area contributed by atoms with Crippen LogP contribution in [0.1, 0.15) is 300 Å². The molecule has 0 saturated carbocycles. The van der Waals surface area contributed by atoms with Crippen molar-refractivity contribution >= 4 is 99.2 Å². The van der Waals surface area contributed by atoms with Gasteiger partial charge in [-0.15, -0.1) is 11.3 Å². The van der Waals surface area contributed by atoms with Crippen molar-refractivity contribution in [2.45, 2.75) is 303 Å². The second-order valence-corrected chi connectivity index (χ2v) is 40.9. The predicted octanol–water partition coefficient (Wildman–Crippen LogP) is 21.5. The van der Waals surface area contributed by atoms with Gasteiger partial charge in [0.15, 0.2) is 0 Å². The van der Waals surface area contributed by atoms with Crippen molar-refractivity contribution in [2.75, 3.05) is 57.5 Å². The monoisotopic (exact) mass is 1830 g/mol. The van der Waals surface area contributed by atoms with Crippen molar-refractivity contribution in [2.24, 2.45) is 0 Å². The maximum atomic E-state index is 12.4. The summed E-state index contributed by atoms with van der Waals surface area (Å²) in [6, 6.07) is 54.5. The van der Waals surface area contributed by atoms with Crippen LogP contribution in [0.4, 0.5) is 28.4 Å². The van der Waals surface area contributed by atoms with Crippen LogP contribution >= 0.6 is 11.3 Å². The van der Waals surface area contributed by atoms with Gasteiger partial charge in [0.25, 0.3) is 0 Å². The zero-order chi connectivity index (χ0) is 96.4. The Morgan fingerprint density at radius 1 is 0.348 bits per heavy atom. The Morgan fingerprint density at radius 2 is 0.682 bits per heavy atom. The van der Waals surface area contributed by atoms with Gasteiger partial charge in [0.1, 0.15) is 17.2 Å². The van der Waals surface area contributed by atoms with Gasteiger partial charge < -0.3 is 73.4 Å². The van der Waals surface area contributed by atoms with E-state index in [1.807, 2.05) is 74.2 Å². The van der Waals surface area contributed by atoms with Gasteiger partial charge in [-0.3, -0.25) is 33.6 Å². The van der Waals surface area contributed by atoms with E-state index in [0.717, 1.165) is 110 Å². The Balaban J connectivity index is 0.000000186. The van der Waals surface area contributed by atoms with E-state index in [2.05, 4.69) is 177 Å². The minimum absolute atomic E-state index is 0.00403. The number of benzene rings is 6. The molecule has 5 fully saturated rings. The number of thiophene rings is 1.